The summed E-state index contributed by atoms with van der Waals surface area (Å²) < 4.78 is 28.4. The minimum atomic E-state index is -3.49. The molecule has 1 aromatic heterocycles. The molecular weight excluding hydrogens is 430 g/mol. The Hall–Kier alpha value is -2.29. The number of fused-ring (bicyclic) bond motifs is 1. The van der Waals surface area contributed by atoms with Crippen LogP contribution in [-0.2, 0) is 10.0 Å². The van der Waals surface area contributed by atoms with Crippen LogP contribution in [0, 0.1) is 0 Å². The van der Waals surface area contributed by atoms with E-state index in [-0.39, 0.29) is 16.8 Å². The van der Waals surface area contributed by atoms with Crippen LogP contribution in [0.4, 0.5) is 0 Å². The first-order valence-corrected chi connectivity index (χ1v) is 13.1. The molecule has 2 fully saturated rings. The molecule has 0 N–H and O–H groups in total. The standard InChI is InChI=1S/C23H25N3O3S2/c27-23(17-10-12-18(13-11-17)31(28,29)25-14-4-1-5-15-25)26-16-6-8-20(26)22-24-19-7-2-3-9-21(19)30-22/h2-3,7,9-13,20H,1,4-6,8,14-16H2/t20-/m0/s1. The van der Waals surface area contributed by atoms with E-state index in [1.807, 2.05) is 23.1 Å². The van der Waals surface area contributed by atoms with Gasteiger partial charge in [0.2, 0.25) is 10.0 Å². The predicted octanol–water partition coefficient (Wildman–Crippen LogP) is 4.45. The number of hydrogen-bond donors (Lipinski definition) is 0. The van der Waals surface area contributed by atoms with Crippen molar-refractivity contribution in [2.45, 2.75) is 43.0 Å². The number of likely N-dealkylation sites (tertiary alicyclic amines) is 1. The molecule has 31 heavy (non-hydrogen) atoms. The maximum absolute atomic E-state index is 13.3. The van der Waals surface area contributed by atoms with Crippen molar-refractivity contribution >= 4 is 37.5 Å². The zero-order chi connectivity index (χ0) is 21.4. The van der Waals surface area contributed by atoms with Gasteiger partial charge < -0.3 is 4.90 Å². The van der Waals surface area contributed by atoms with Crippen LogP contribution in [0.2, 0.25) is 0 Å². The number of nitrogens with zero attached hydrogens (tertiary/aromatic N) is 3. The smallest absolute Gasteiger partial charge is 0.254 e. The molecule has 3 heterocycles. The van der Waals surface area contributed by atoms with Crippen LogP contribution in [0.15, 0.2) is 53.4 Å². The van der Waals surface area contributed by atoms with Crippen molar-refractivity contribution in [2.75, 3.05) is 19.6 Å². The maximum Gasteiger partial charge on any atom is 0.254 e. The number of carbonyl (C=O) groups is 1. The predicted molar refractivity (Wildman–Crippen MR) is 122 cm³/mol. The highest BCUT2D eigenvalue weighted by atomic mass is 32.2. The second-order valence-electron chi connectivity index (χ2n) is 8.17. The van der Waals surface area contributed by atoms with Crippen molar-refractivity contribution in [1.82, 2.24) is 14.2 Å². The second kappa shape index (κ2) is 8.33. The van der Waals surface area contributed by atoms with E-state index in [1.165, 1.54) is 0 Å². The monoisotopic (exact) mass is 455 g/mol. The fourth-order valence-corrected chi connectivity index (χ4v) is 7.12. The summed E-state index contributed by atoms with van der Waals surface area (Å²) in [7, 11) is -3.49. The van der Waals surface area contributed by atoms with Crippen LogP contribution in [-0.4, -0.2) is 48.1 Å². The summed E-state index contributed by atoms with van der Waals surface area (Å²) in [5, 5.41) is 0.969. The molecule has 1 atom stereocenters. The topological polar surface area (TPSA) is 70.6 Å². The molecule has 0 aliphatic carbocycles. The fraction of sp³-hybridized carbons (Fsp3) is 0.391. The first kappa shape index (κ1) is 20.6. The van der Waals surface area contributed by atoms with Gasteiger partial charge in [0, 0.05) is 25.2 Å². The van der Waals surface area contributed by atoms with Crippen molar-refractivity contribution in [2.24, 2.45) is 0 Å². The summed E-state index contributed by atoms with van der Waals surface area (Å²) in [5.74, 6) is -0.0660. The number of piperidine rings is 1. The van der Waals surface area contributed by atoms with Crippen molar-refractivity contribution < 1.29 is 13.2 Å². The Labute approximate surface area is 186 Å². The zero-order valence-electron chi connectivity index (χ0n) is 17.2. The average Bonchev–Trinajstić information content (AvgIpc) is 3.46. The average molecular weight is 456 g/mol. The molecule has 2 aliphatic rings. The van der Waals surface area contributed by atoms with Crippen molar-refractivity contribution in [3.63, 3.8) is 0 Å². The Kier molecular flexibility index (Phi) is 5.54. The third kappa shape index (κ3) is 3.88. The van der Waals surface area contributed by atoms with Gasteiger partial charge in [0.25, 0.3) is 5.91 Å². The van der Waals surface area contributed by atoms with Gasteiger partial charge in [-0.2, -0.15) is 4.31 Å². The third-order valence-electron chi connectivity index (χ3n) is 6.16. The molecule has 0 bridgehead atoms. The van der Waals surface area contributed by atoms with Gasteiger partial charge in [0.15, 0.2) is 0 Å². The van der Waals surface area contributed by atoms with E-state index >= 15 is 0 Å². The molecule has 0 saturated carbocycles. The fourth-order valence-electron chi connectivity index (χ4n) is 4.49. The van der Waals surface area contributed by atoms with Crippen molar-refractivity contribution in [3.05, 3.63) is 59.1 Å². The van der Waals surface area contributed by atoms with Gasteiger partial charge in [-0.1, -0.05) is 18.6 Å². The Balaban J connectivity index is 1.36. The van der Waals surface area contributed by atoms with Gasteiger partial charge in [-0.05, 0) is 62.1 Å². The molecule has 2 aromatic carbocycles. The van der Waals surface area contributed by atoms with Crippen LogP contribution in [0.3, 0.4) is 0 Å². The summed E-state index contributed by atoms with van der Waals surface area (Å²) in [5.41, 5.74) is 1.49. The molecule has 162 valence electrons. The third-order valence-corrected chi connectivity index (χ3v) is 9.21. The van der Waals surface area contributed by atoms with Crippen LogP contribution in [0.1, 0.15) is 53.5 Å². The molecule has 0 unspecified atom stereocenters. The van der Waals surface area contributed by atoms with Crippen molar-refractivity contribution in [3.8, 4) is 0 Å². The summed E-state index contributed by atoms with van der Waals surface area (Å²) >= 11 is 1.64. The van der Waals surface area contributed by atoms with E-state index in [0.29, 0.717) is 25.2 Å². The van der Waals surface area contributed by atoms with Crippen LogP contribution >= 0.6 is 11.3 Å². The number of aromatic nitrogens is 1. The molecule has 8 heteroatoms. The van der Waals surface area contributed by atoms with Crippen LogP contribution in [0.5, 0.6) is 0 Å². The van der Waals surface area contributed by atoms with Gasteiger partial charge >= 0.3 is 0 Å². The number of thiazole rings is 1. The molecule has 6 nitrogen and oxygen atoms in total. The molecule has 0 radical (unpaired) electrons. The van der Waals surface area contributed by atoms with E-state index in [4.69, 9.17) is 4.98 Å². The number of benzene rings is 2. The first-order chi connectivity index (χ1) is 15.0. The lowest BCUT2D eigenvalue weighted by molar-refractivity contribution is 0.0735. The Morgan fingerprint density at radius 3 is 2.42 bits per heavy atom. The van der Waals surface area contributed by atoms with Gasteiger partial charge in [0.1, 0.15) is 5.01 Å². The molecule has 2 saturated heterocycles. The highest BCUT2D eigenvalue weighted by Crippen LogP contribution is 2.37. The molecule has 2 aliphatic heterocycles. The minimum absolute atomic E-state index is 0.0262. The largest absolute Gasteiger partial charge is 0.329 e. The Bertz CT molecular complexity index is 1170. The van der Waals surface area contributed by atoms with Gasteiger partial charge in [-0.15, -0.1) is 11.3 Å². The molecule has 0 spiro atoms. The molecule has 1 amide bonds. The number of rotatable bonds is 4. The van der Waals surface area contributed by atoms with Gasteiger partial charge in [-0.3, -0.25) is 4.79 Å². The summed E-state index contributed by atoms with van der Waals surface area (Å²) in [6.07, 6.45) is 4.71. The van der Waals surface area contributed by atoms with E-state index in [9.17, 15) is 13.2 Å². The molecular formula is C23H25N3O3S2. The van der Waals surface area contributed by atoms with E-state index in [1.54, 1.807) is 39.9 Å². The normalized spacial score (nSPS) is 20.4. The number of sulfonamides is 1. The SMILES string of the molecule is O=C(c1ccc(S(=O)(=O)N2CCCCC2)cc1)N1CCC[C@H]1c1nc2ccccc2s1. The van der Waals surface area contributed by atoms with Crippen LogP contribution < -0.4 is 0 Å². The van der Waals surface area contributed by atoms with Crippen molar-refractivity contribution in [1.29, 1.82) is 0 Å². The minimum Gasteiger partial charge on any atom is -0.329 e. The van der Waals surface area contributed by atoms with E-state index in [2.05, 4.69) is 6.07 Å². The summed E-state index contributed by atoms with van der Waals surface area (Å²) in [6.45, 7) is 1.83. The molecule has 5 rings (SSSR count). The van der Waals surface area contributed by atoms with E-state index < -0.39 is 10.0 Å². The number of para-hydroxylation sites is 1. The zero-order valence-corrected chi connectivity index (χ0v) is 18.9. The quantitative estimate of drug-likeness (QED) is 0.583. The van der Waals surface area contributed by atoms with Gasteiger partial charge in [0.05, 0.1) is 21.2 Å². The van der Waals surface area contributed by atoms with Gasteiger partial charge in [-0.25, -0.2) is 13.4 Å². The molecule has 3 aromatic rings. The first-order valence-electron chi connectivity index (χ1n) is 10.8. The second-order valence-corrected chi connectivity index (χ2v) is 11.2. The van der Waals surface area contributed by atoms with E-state index in [0.717, 1.165) is 47.3 Å². The number of hydrogen-bond acceptors (Lipinski definition) is 5. The Morgan fingerprint density at radius 2 is 1.68 bits per heavy atom. The highest BCUT2D eigenvalue weighted by molar-refractivity contribution is 7.89. The Morgan fingerprint density at radius 1 is 0.935 bits per heavy atom. The lowest BCUT2D eigenvalue weighted by Crippen LogP contribution is -2.35. The lowest BCUT2D eigenvalue weighted by atomic mass is 10.1. The number of amides is 1. The summed E-state index contributed by atoms with van der Waals surface area (Å²) in [4.78, 5) is 20.2. The van der Waals surface area contributed by atoms with Crippen LogP contribution in [0.25, 0.3) is 10.2 Å². The highest BCUT2D eigenvalue weighted by Gasteiger charge is 2.33. The summed E-state index contributed by atoms with van der Waals surface area (Å²) in [6, 6.07) is 14.4. The maximum atomic E-state index is 13.3. The number of carbonyl (C=O) groups excluding carboxylic acids is 1. The lowest BCUT2D eigenvalue weighted by Gasteiger charge is -2.26.